The van der Waals surface area contributed by atoms with Crippen molar-refractivity contribution in [2.75, 3.05) is 13.2 Å². The maximum Gasteiger partial charge on any atom is 0.306 e. The molecule has 0 aromatic carbocycles. The van der Waals surface area contributed by atoms with Gasteiger partial charge in [0, 0.05) is 19.3 Å². The molecule has 360 valence electrons. The van der Waals surface area contributed by atoms with Crippen LogP contribution in [0, 0.1) is 0 Å². The van der Waals surface area contributed by atoms with Gasteiger partial charge in [-0.15, -0.1) is 0 Å². The highest BCUT2D eigenvalue weighted by atomic mass is 16.6. The summed E-state index contributed by atoms with van der Waals surface area (Å²) >= 11 is 0. The van der Waals surface area contributed by atoms with E-state index in [9.17, 15) is 14.4 Å². The van der Waals surface area contributed by atoms with Crippen molar-refractivity contribution in [1.29, 1.82) is 0 Å². The smallest absolute Gasteiger partial charge is 0.306 e. The number of carbonyl (C=O) groups is 3. The van der Waals surface area contributed by atoms with E-state index in [1.807, 2.05) is 0 Å². The predicted molar refractivity (Wildman–Crippen MR) is 261 cm³/mol. The zero-order chi connectivity index (χ0) is 44.4. The van der Waals surface area contributed by atoms with Crippen LogP contribution in [0.5, 0.6) is 0 Å². The molecule has 6 nitrogen and oxygen atoms in total. The van der Waals surface area contributed by atoms with Crippen molar-refractivity contribution in [3.8, 4) is 0 Å². The van der Waals surface area contributed by atoms with Crippen LogP contribution in [-0.2, 0) is 28.6 Å². The molecule has 0 aliphatic carbocycles. The second-order valence-electron chi connectivity index (χ2n) is 18.5. The molecule has 0 saturated carbocycles. The number of hydrogen-bond acceptors (Lipinski definition) is 6. The van der Waals surface area contributed by atoms with Crippen molar-refractivity contribution in [3.05, 3.63) is 12.2 Å². The summed E-state index contributed by atoms with van der Waals surface area (Å²) < 4.78 is 16.8. The van der Waals surface area contributed by atoms with Gasteiger partial charge in [0.1, 0.15) is 13.2 Å². The van der Waals surface area contributed by atoms with Crippen LogP contribution in [0.3, 0.4) is 0 Å². The summed E-state index contributed by atoms with van der Waals surface area (Å²) in [6.45, 7) is 6.67. The minimum atomic E-state index is -0.764. The molecule has 0 aromatic heterocycles. The predicted octanol–water partition coefficient (Wildman–Crippen LogP) is 17.8. The van der Waals surface area contributed by atoms with E-state index in [-0.39, 0.29) is 31.1 Å². The van der Waals surface area contributed by atoms with Crippen molar-refractivity contribution in [2.45, 2.75) is 309 Å². The quantitative estimate of drug-likeness (QED) is 0.0262. The summed E-state index contributed by atoms with van der Waals surface area (Å²) in [4.78, 5) is 38.0. The molecular formula is C55H104O6. The number of carbonyl (C=O) groups excluding carboxylic acids is 3. The monoisotopic (exact) mass is 861 g/mol. The van der Waals surface area contributed by atoms with Gasteiger partial charge in [-0.3, -0.25) is 14.4 Å². The summed E-state index contributed by atoms with van der Waals surface area (Å²) in [7, 11) is 0. The Kier molecular flexibility index (Phi) is 49.3. The lowest BCUT2D eigenvalue weighted by molar-refractivity contribution is -0.167. The molecule has 1 unspecified atom stereocenters. The van der Waals surface area contributed by atoms with Crippen molar-refractivity contribution in [1.82, 2.24) is 0 Å². The normalized spacial score (nSPS) is 12.0. The zero-order valence-corrected chi connectivity index (χ0v) is 41.2. The van der Waals surface area contributed by atoms with Crippen molar-refractivity contribution >= 4 is 17.9 Å². The summed E-state index contributed by atoms with van der Waals surface area (Å²) in [5.74, 6) is -0.852. The maximum absolute atomic E-state index is 12.8. The number of rotatable bonds is 50. The molecule has 1 atom stereocenters. The van der Waals surface area contributed by atoms with Crippen molar-refractivity contribution < 1.29 is 28.6 Å². The highest BCUT2D eigenvalue weighted by Gasteiger charge is 2.19. The fraction of sp³-hybridized carbons (Fsp3) is 0.909. The summed E-state index contributed by atoms with van der Waals surface area (Å²) in [5, 5.41) is 0. The Hall–Kier alpha value is -1.85. The van der Waals surface area contributed by atoms with Crippen LogP contribution in [0.15, 0.2) is 12.2 Å². The molecule has 61 heavy (non-hydrogen) atoms. The van der Waals surface area contributed by atoms with Gasteiger partial charge in [-0.25, -0.2) is 0 Å². The molecule has 0 fully saturated rings. The molecule has 0 rings (SSSR count). The third-order valence-corrected chi connectivity index (χ3v) is 12.3. The van der Waals surface area contributed by atoms with E-state index < -0.39 is 6.10 Å². The third-order valence-electron chi connectivity index (χ3n) is 12.3. The molecular weight excluding hydrogens is 757 g/mol. The van der Waals surface area contributed by atoms with Gasteiger partial charge in [0.05, 0.1) is 0 Å². The average Bonchev–Trinajstić information content (AvgIpc) is 3.26. The molecule has 0 aromatic rings. The Morgan fingerprint density at radius 3 is 0.820 bits per heavy atom. The summed E-state index contributed by atoms with van der Waals surface area (Å²) in [6, 6.07) is 0. The number of ether oxygens (including phenoxy) is 3. The van der Waals surface area contributed by atoms with Gasteiger partial charge in [-0.1, -0.05) is 251 Å². The van der Waals surface area contributed by atoms with Gasteiger partial charge in [0.25, 0.3) is 0 Å². The van der Waals surface area contributed by atoms with Crippen molar-refractivity contribution in [2.24, 2.45) is 0 Å². The maximum atomic E-state index is 12.8. The topological polar surface area (TPSA) is 78.9 Å². The van der Waals surface area contributed by atoms with E-state index in [2.05, 4.69) is 32.9 Å². The standard InChI is InChI=1S/C55H104O6/c1-4-7-10-13-16-19-22-24-26-27-28-29-31-33-36-39-42-45-48-54(57)60-51-52(50-59-53(56)47-44-41-38-35-32-21-18-15-12-9-6-3)61-55(58)49-46-43-40-37-34-30-25-23-20-17-14-11-8-5-2/h26-27,52H,4-25,28-51H2,1-3H3/b27-26-. The van der Waals surface area contributed by atoms with Crippen LogP contribution in [0.4, 0.5) is 0 Å². The van der Waals surface area contributed by atoms with Gasteiger partial charge in [-0.2, -0.15) is 0 Å². The molecule has 0 radical (unpaired) electrons. The SMILES string of the molecule is CCCCCCCCC/C=C\CCCCCCCCCC(=O)OCC(COC(=O)CCCCCCCCCCCCC)OC(=O)CCCCCCCCCCCCCCCC. The number of hydrogen-bond donors (Lipinski definition) is 0. The van der Waals surface area contributed by atoms with Crippen LogP contribution in [0.25, 0.3) is 0 Å². The van der Waals surface area contributed by atoms with E-state index in [1.165, 1.54) is 205 Å². The second-order valence-corrected chi connectivity index (χ2v) is 18.5. The van der Waals surface area contributed by atoms with Crippen LogP contribution < -0.4 is 0 Å². The van der Waals surface area contributed by atoms with Crippen LogP contribution in [-0.4, -0.2) is 37.2 Å². The van der Waals surface area contributed by atoms with Crippen LogP contribution >= 0.6 is 0 Å². The average molecular weight is 861 g/mol. The highest BCUT2D eigenvalue weighted by molar-refractivity contribution is 5.71. The van der Waals surface area contributed by atoms with Gasteiger partial charge >= 0.3 is 17.9 Å². The van der Waals surface area contributed by atoms with Crippen LogP contribution in [0.2, 0.25) is 0 Å². The van der Waals surface area contributed by atoms with Gasteiger partial charge in [0.2, 0.25) is 0 Å². The number of esters is 3. The molecule has 0 amide bonds. The molecule has 0 spiro atoms. The first-order valence-corrected chi connectivity index (χ1v) is 27.2. The molecule has 0 aliphatic heterocycles. The zero-order valence-electron chi connectivity index (χ0n) is 41.2. The fourth-order valence-electron chi connectivity index (χ4n) is 8.14. The molecule has 0 aliphatic rings. The lowest BCUT2D eigenvalue weighted by Crippen LogP contribution is -2.30. The molecule has 0 N–H and O–H groups in total. The summed E-state index contributed by atoms with van der Waals surface area (Å²) in [6.07, 6.45) is 56.2. The number of unbranched alkanes of at least 4 members (excludes halogenated alkanes) is 37. The minimum absolute atomic E-state index is 0.0659. The Bertz CT molecular complexity index is 947. The third kappa shape index (κ3) is 49.0. The van der Waals surface area contributed by atoms with Gasteiger partial charge in [0.15, 0.2) is 6.10 Å². The lowest BCUT2D eigenvalue weighted by Gasteiger charge is -2.18. The Labute approximate surface area is 380 Å². The van der Waals surface area contributed by atoms with Crippen LogP contribution in [0.1, 0.15) is 303 Å². The Morgan fingerprint density at radius 2 is 0.541 bits per heavy atom. The Balaban J connectivity index is 4.29. The second kappa shape index (κ2) is 50.8. The summed E-state index contributed by atoms with van der Waals surface area (Å²) in [5.41, 5.74) is 0. The van der Waals surface area contributed by atoms with E-state index in [4.69, 9.17) is 14.2 Å². The highest BCUT2D eigenvalue weighted by Crippen LogP contribution is 2.16. The molecule has 6 heteroatoms. The van der Waals surface area contributed by atoms with E-state index >= 15 is 0 Å². The van der Waals surface area contributed by atoms with Crippen molar-refractivity contribution in [3.63, 3.8) is 0 Å². The van der Waals surface area contributed by atoms with Gasteiger partial charge < -0.3 is 14.2 Å². The minimum Gasteiger partial charge on any atom is -0.462 e. The molecule has 0 bridgehead atoms. The van der Waals surface area contributed by atoms with E-state index in [0.29, 0.717) is 19.3 Å². The van der Waals surface area contributed by atoms with E-state index in [0.717, 1.165) is 57.8 Å². The van der Waals surface area contributed by atoms with Gasteiger partial charge in [-0.05, 0) is 44.9 Å². The Morgan fingerprint density at radius 1 is 0.311 bits per heavy atom. The molecule has 0 saturated heterocycles. The van der Waals surface area contributed by atoms with E-state index in [1.54, 1.807) is 0 Å². The first kappa shape index (κ1) is 59.1. The number of allylic oxidation sites excluding steroid dienone is 2. The lowest BCUT2D eigenvalue weighted by atomic mass is 10.0. The fourth-order valence-corrected chi connectivity index (χ4v) is 8.14. The molecule has 0 heterocycles. The largest absolute Gasteiger partial charge is 0.462 e. The first-order valence-electron chi connectivity index (χ1n) is 27.2. The first-order chi connectivity index (χ1) is 30.0.